The number of fused-ring (bicyclic) bond motifs is 1. The van der Waals surface area contributed by atoms with E-state index in [2.05, 4.69) is 15.1 Å². The Morgan fingerprint density at radius 3 is 2.71 bits per heavy atom. The molecular weight excluding hydrogens is 448 g/mol. The van der Waals surface area contributed by atoms with Crippen LogP contribution in [0, 0.1) is 0 Å². The Bertz CT molecular complexity index is 1210. The quantitative estimate of drug-likeness (QED) is 0.426. The molecule has 2 aromatic heterocycles. The molecule has 4 rings (SSSR count). The summed E-state index contributed by atoms with van der Waals surface area (Å²) >= 11 is 0. The van der Waals surface area contributed by atoms with Gasteiger partial charge in [0.25, 0.3) is 0 Å². The van der Waals surface area contributed by atoms with Crippen LogP contribution in [-0.2, 0) is 11.3 Å². The molecule has 2 amide bonds. The van der Waals surface area contributed by atoms with E-state index in [1.165, 1.54) is 16.1 Å². The van der Waals surface area contributed by atoms with Gasteiger partial charge in [0.2, 0.25) is 0 Å². The number of likely N-dealkylation sites (tertiary alicyclic amines) is 1. The highest BCUT2D eigenvalue weighted by molar-refractivity contribution is 5.84. The van der Waals surface area contributed by atoms with Crippen molar-refractivity contribution < 1.29 is 19.4 Å². The molecule has 10 heteroatoms. The Labute approximate surface area is 203 Å². The van der Waals surface area contributed by atoms with Gasteiger partial charge in [-0.2, -0.15) is 5.10 Å². The van der Waals surface area contributed by atoms with Crippen LogP contribution in [-0.4, -0.2) is 72.9 Å². The lowest BCUT2D eigenvalue weighted by Crippen LogP contribution is -2.52. The van der Waals surface area contributed by atoms with Gasteiger partial charge in [-0.05, 0) is 57.4 Å². The first-order valence-electron chi connectivity index (χ1n) is 11.6. The number of piperidine rings is 1. The van der Waals surface area contributed by atoms with E-state index < -0.39 is 17.8 Å². The van der Waals surface area contributed by atoms with Crippen LogP contribution in [0.4, 0.5) is 15.3 Å². The molecule has 0 unspecified atom stereocenters. The van der Waals surface area contributed by atoms with Crippen molar-refractivity contribution in [3.8, 4) is 0 Å². The molecule has 1 saturated heterocycles. The van der Waals surface area contributed by atoms with E-state index in [9.17, 15) is 14.7 Å². The third-order valence-electron chi connectivity index (χ3n) is 5.71. The van der Waals surface area contributed by atoms with Crippen LogP contribution in [0.25, 0.3) is 10.9 Å². The van der Waals surface area contributed by atoms with Crippen molar-refractivity contribution in [3.63, 3.8) is 0 Å². The summed E-state index contributed by atoms with van der Waals surface area (Å²) in [6.07, 6.45) is 6.57. The molecule has 10 nitrogen and oxygen atoms in total. The van der Waals surface area contributed by atoms with Crippen molar-refractivity contribution in [1.29, 1.82) is 0 Å². The van der Waals surface area contributed by atoms with Crippen LogP contribution in [0.15, 0.2) is 53.9 Å². The minimum Gasteiger partial charge on any atom is -0.465 e. The molecule has 1 aliphatic heterocycles. The summed E-state index contributed by atoms with van der Waals surface area (Å²) < 4.78 is 7.48. The van der Waals surface area contributed by atoms with Crippen LogP contribution in [0.2, 0.25) is 0 Å². The van der Waals surface area contributed by atoms with Gasteiger partial charge in [0.05, 0.1) is 30.0 Å². The van der Waals surface area contributed by atoms with E-state index >= 15 is 0 Å². The highest BCUT2D eigenvalue weighted by atomic mass is 16.6. The molecular formula is C25H30N6O4. The normalized spacial score (nSPS) is 16.5. The summed E-state index contributed by atoms with van der Waals surface area (Å²) in [5.74, 6) is 0. The number of nitrogens with zero attached hydrogens (tertiary/aromatic N) is 6. The third-order valence-corrected chi connectivity index (χ3v) is 5.71. The van der Waals surface area contributed by atoms with Crippen molar-refractivity contribution in [2.24, 2.45) is 4.99 Å². The molecule has 3 aromatic rings. The predicted octanol–water partition coefficient (Wildman–Crippen LogP) is 4.52. The monoisotopic (exact) mass is 478 g/mol. The van der Waals surface area contributed by atoms with E-state index in [0.717, 1.165) is 16.5 Å². The fourth-order valence-electron chi connectivity index (χ4n) is 4.00. The smallest absolute Gasteiger partial charge is 0.415 e. The van der Waals surface area contributed by atoms with Crippen LogP contribution >= 0.6 is 0 Å². The molecule has 0 saturated carbocycles. The maximum Gasteiger partial charge on any atom is 0.415 e. The summed E-state index contributed by atoms with van der Waals surface area (Å²) in [7, 11) is 0. The summed E-state index contributed by atoms with van der Waals surface area (Å²) in [6, 6.07) is 9.26. The third kappa shape index (κ3) is 6.14. The van der Waals surface area contributed by atoms with Gasteiger partial charge < -0.3 is 14.7 Å². The van der Waals surface area contributed by atoms with Crippen molar-refractivity contribution in [2.45, 2.75) is 51.8 Å². The molecule has 1 aliphatic rings. The number of carboxylic acid groups (broad SMARTS) is 1. The molecule has 1 fully saturated rings. The second kappa shape index (κ2) is 10.1. The van der Waals surface area contributed by atoms with Gasteiger partial charge in [0.15, 0.2) is 0 Å². The number of rotatable bonds is 5. The van der Waals surface area contributed by atoms with Gasteiger partial charge in [-0.25, -0.2) is 14.6 Å². The molecule has 0 radical (unpaired) electrons. The molecule has 1 aromatic carbocycles. The zero-order valence-electron chi connectivity index (χ0n) is 20.2. The number of carbonyl (C=O) groups excluding carboxylic acids is 1. The van der Waals surface area contributed by atoms with Gasteiger partial charge in [-0.1, -0.05) is 12.1 Å². The zero-order chi connectivity index (χ0) is 25.0. The van der Waals surface area contributed by atoms with Gasteiger partial charge >= 0.3 is 12.2 Å². The number of benzene rings is 1. The SMILES string of the molecule is CC(C)(C)OC(=O)N(C=Nc1ccc(Cn2ncc3cnccc32)cc1)[C@@H]1CCCN(C(=O)O)C1. The Kier molecular flexibility index (Phi) is 6.99. The summed E-state index contributed by atoms with van der Waals surface area (Å²) in [5, 5.41) is 14.8. The number of hydrogen-bond acceptors (Lipinski definition) is 6. The first-order valence-corrected chi connectivity index (χ1v) is 11.6. The average Bonchev–Trinajstić information content (AvgIpc) is 3.22. The fourth-order valence-corrected chi connectivity index (χ4v) is 4.00. The number of amides is 2. The standard InChI is InChI=1S/C25H30N6O4/c1-25(2,3)35-24(34)30(21-5-4-12-29(16-21)23(32)33)17-27-20-8-6-18(7-9-20)15-31-22-10-11-26-13-19(22)14-28-31/h6-11,13-14,17,21H,4-5,12,15-16H2,1-3H3,(H,32,33)/t21-/m1/s1. The molecule has 0 bridgehead atoms. The number of pyridine rings is 1. The first kappa shape index (κ1) is 24.2. The average molecular weight is 479 g/mol. The van der Waals surface area contributed by atoms with Gasteiger partial charge in [0, 0.05) is 30.9 Å². The summed E-state index contributed by atoms with van der Waals surface area (Å²) in [6.45, 7) is 6.66. The lowest BCUT2D eigenvalue weighted by Gasteiger charge is -2.36. The van der Waals surface area contributed by atoms with Crippen LogP contribution < -0.4 is 0 Å². The topological polar surface area (TPSA) is 113 Å². The summed E-state index contributed by atoms with van der Waals surface area (Å²) in [4.78, 5) is 35.7. The molecule has 0 spiro atoms. The second-order valence-electron chi connectivity index (χ2n) is 9.56. The van der Waals surface area contributed by atoms with Crippen LogP contribution in [0.3, 0.4) is 0 Å². The van der Waals surface area contributed by atoms with Crippen molar-refractivity contribution in [1.82, 2.24) is 24.6 Å². The lowest BCUT2D eigenvalue weighted by atomic mass is 10.1. The number of aliphatic imine (C=N–C) groups is 1. The van der Waals surface area contributed by atoms with E-state index in [-0.39, 0.29) is 12.6 Å². The molecule has 1 N–H and O–H groups in total. The number of hydrogen-bond donors (Lipinski definition) is 1. The molecule has 0 aliphatic carbocycles. The van der Waals surface area contributed by atoms with Gasteiger partial charge in [-0.3, -0.25) is 14.6 Å². The molecule has 35 heavy (non-hydrogen) atoms. The Morgan fingerprint density at radius 2 is 2.00 bits per heavy atom. The highest BCUT2D eigenvalue weighted by Crippen LogP contribution is 2.21. The van der Waals surface area contributed by atoms with Gasteiger partial charge in [-0.15, -0.1) is 0 Å². The van der Waals surface area contributed by atoms with Crippen molar-refractivity contribution in [3.05, 3.63) is 54.5 Å². The van der Waals surface area contributed by atoms with Crippen molar-refractivity contribution >= 4 is 35.1 Å². The number of carbonyl (C=O) groups is 2. The van der Waals surface area contributed by atoms with E-state index in [1.807, 2.05) is 35.0 Å². The summed E-state index contributed by atoms with van der Waals surface area (Å²) in [5.41, 5.74) is 2.05. The fraction of sp³-hybridized carbons (Fsp3) is 0.400. The van der Waals surface area contributed by atoms with Gasteiger partial charge in [0.1, 0.15) is 11.9 Å². The molecule has 184 valence electrons. The highest BCUT2D eigenvalue weighted by Gasteiger charge is 2.32. The zero-order valence-corrected chi connectivity index (χ0v) is 20.2. The molecule has 3 heterocycles. The largest absolute Gasteiger partial charge is 0.465 e. The predicted molar refractivity (Wildman–Crippen MR) is 132 cm³/mol. The molecule has 1 atom stereocenters. The lowest BCUT2D eigenvalue weighted by molar-refractivity contribution is 0.0253. The van der Waals surface area contributed by atoms with E-state index in [1.54, 1.807) is 39.4 Å². The van der Waals surface area contributed by atoms with Crippen molar-refractivity contribution in [2.75, 3.05) is 13.1 Å². The Balaban J connectivity index is 1.49. The second-order valence-corrected chi connectivity index (χ2v) is 9.56. The van der Waals surface area contributed by atoms with Crippen LogP contribution in [0.1, 0.15) is 39.2 Å². The van der Waals surface area contributed by atoms with Crippen LogP contribution in [0.5, 0.6) is 0 Å². The maximum absolute atomic E-state index is 12.9. The van der Waals surface area contributed by atoms with E-state index in [0.29, 0.717) is 31.6 Å². The Morgan fingerprint density at radius 1 is 1.23 bits per heavy atom. The maximum atomic E-state index is 12.9. The minimum atomic E-state index is -0.993. The Hall–Kier alpha value is -3.95. The van der Waals surface area contributed by atoms with E-state index in [4.69, 9.17) is 4.74 Å². The number of aromatic nitrogens is 3. The number of ether oxygens (including phenoxy) is 1. The first-order chi connectivity index (χ1) is 16.7. The minimum absolute atomic E-state index is 0.215.